The number of carbonyl (C=O) groups excluding carboxylic acids is 2. The van der Waals surface area contributed by atoms with Crippen molar-refractivity contribution in [2.75, 3.05) is 51.3 Å². The van der Waals surface area contributed by atoms with E-state index >= 15 is 0 Å². The van der Waals surface area contributed by atoms with Crippen LogP contribution in [0.4, 0.5) is 5.95 Å². The van der Waals surface area contributed by atoms with E-state index in [1.165, 1.54) is 16.7 Å². The van der Waals surface area contributed by atoms with Gasteiger partial charge in [-0.1, -0.05) is 36.4 Å². The van der Waals surface area contributed by atoms with Crippen molar-refractivity contribution >= 4 is 17.8 Å². The number of imidazole rings is 1. The second kappa shape index (κ2) is 12.1. The van der Waals surface area contributed by atoms with E-state index in [1.807, 2.05) is 53.2 Å². The molecule has 2 aromatic carbocycles. The summed E-state index contributed by atoms with van der Waals surface area (Å²) in [6, 6.07) is 19.2. The SMILES string of the molecule is Cc1ccc(-n2cc(-c3ccccc3)nc2NC(=O)CN(CCN2CCOCC2)C(=O)c2ccco2)cc1C. The molecule has 0 spiro atoms. The van der Waals surface area contributed by atoms with Crippen LogP contribution < -0.4 is 5.32 Å². The molecule has 9 heteroatoms. The molecule has 0 aliphatic carbocycles. The average molecular weight is 528 g/mol. The maximum atomic E-state index is 13.4. The Kier molecular flexibility index (Phi) is 8.19. The second-order valence-corrected chi connectivity index (χ2v) is 9.66. The van der Waals surface area contributed by atoms with Gasteiger partial charge in [0.1, 0.15) is 6.54 Å². The summed E-state index contributed by atoms with van der Waals surface area (Å²) in [5.74, 6) is -0.0773. The minimum absolute atomic E-state index is 0.135. The Labute approximate surface area is 228 Å². The van der Waals surface area contributed by atoms with Gasteiger partial charge in [-0.15, -0.1) is 0 Å². The number of amides is 2. The van der Waals surface area contributed by atoms with E-state index in [4.69, 9.17) is 14.1 Å². The van der Waals surface area contributed by atoms with E-state index in [1.54, 1.807) is 12.1 Å². The van der Waals surface area contributed by atoms with Crippen molar-refractivity contribution in [3.05, 3.63) is 90.0 Å². The number of rotatable bonds is 9. The lowest BCUT2D eigenvalue weighted by molar-refractivity contribution is -0.117. The van der Waals surface area contributed by atoms with Crippen molar-refractivity contribution in [1.29, 1.82) is 0 Å². The highest BCUT2D eigenvalue weighted by Crippen LogP contribution is 2.25. The fourth-order valence-corrected chi connectivity index (χ4v) is 4.52. The highest BCUT2D eigenvalue weighted by atomic mass is 16.5. The lowest BCUT2D eigenvalue weighted by Gasteiger charge is -2.29. The summed E-state index contributed by atoms with van der Waals surface area (Å²) in [5.41, 5.74) is 4.88. The summed E-state index contributed by atoms with van der Waals surface area (Å²) in [6.07, 6.45) is 3.37. The van der Waals surface area contributed by atoms with Crippen LogP contribution in [0.3, 0.4) is 0 Å². The molecule has 39 heavy (non-hydrogen) atoms. The van der Waals surface area contributed by atoms with Gasteiger partial charge in [-0.05, 0) is 49.2 Å². The molecule has 0 bridgehead atoms. The molecule has 1 aliphatic heterocycles. The minimum atomic E-state index is -0.341. The number of hydrogen-bond acceptors (Lipinski definition) is 6. The van der Waals surface area contributed by atoms with Crippen molar-refractivity contribution in [1.82, 2.24) is 19.4 Å². The third kappa shape index (κ3) is 6.45. The summed E-state index contributed by atoms with van der Waals surface area (Å²) < 4.78 is 12.6. The van der Waals surface area contributed by atoms with Gasteiger partial charge in [0.25, 0.3) is 5.91 Å². The molecule has 2 aromatic heterocycles. The van der Waals surface area contributed by atoms with Crippen LogP contribution in [0.1, 0.15) is 21.7 Å². The minimum Gasteiger partial charge on any atom is -0.459 e. The Bertz CT molecular complexity index is 1410. The zero-order valence-electron chi connectivity index (χ0n) is 22.3. The van der Waals surface area contributed by atoms with Crippen molar-refractivity contribution in [2.24, 2.45) is 0 Å². The number of ether oxygens (including phenoxy) is 1. The molecule has 5 rings (SSSR count). The Morgan fingerprint density at radius 3 is 2.51 bits per heavy atom. The van der Waals surface area contributed by atoms with Crippen LogP contribution in [0.5, 0.6) is 0 Å². The number of benzene rings is 2. The molecule has 202 valence electrons. The molecule has 3 heterocycles. The topological polar surface area (TPSA) is 92.8 Å². The van der Waals surface area contributed by atoms with Gasteiger partial charge in [-0.2, -0.15) is 0 Å². The number of anilines is 1. The van der Waals surface area contributed by atoms with Crippen LogP contribution in [0, 0.1) is 13.8 Å². The smallest absolute Gasteiger partial charge is 0.290 e. The Hall–Kier alpha value is -4.21. The molecular weight excluding hydrogens is 494 g/mol. The van der Waals surface area contributed by atoms with E-state index in [2.05, 4.69) is 30.1 Å². The van der Waals surface area contributed by atoms with Gasteiger partial charge in [-0.25, -0.2) is 4.98 Å². The van der Waals surface area contributed by atoms with Gasteiger partial charge in [0.15, 0.2) is 5.76 Å². The molecule has 0 saturated carbocycles. The van der Waals surface area contributed by atoms with Crippen molar-refractivity contribution in [3.63, 3.8) is 0 Å². The normalized spacial score (nSPS) is 13.8. The first kappa shape index (κ1) is 26.4. The maximum absolute atomic E-state index is 13.4. The predicted octanol–water partition coefficient (Wildman–Crippen LogP) is 4.16. The molecule has 1 fully saturated rings. The van der Waals surface area contributed by atoms with E-state index in [0.717, 1.165) is 35.6 Å². The molecule has 4 aromatic rings. The monoisotopic (exact) mass is 527 g/mol. The fourth-order valence-electron chi connectivity index (χ4n) is 4.52. The van der Waals surface area contributed by atoms with E-state index in [-0.39, 0.29) is 24.1 Å². The number of morpholine rings is 1. The lowest BCUT2D eigenvalue weighted by atomic mass is 10.1. The third-order valence-corrected chi connectivity index (χ3v) is 6.94. The quantitative estimate of drug-likeness (QED) is 0.351. The van der Waals surface area contributed by atoms with Crippen LogP contribution in [-0.4, -0.2) is 77.1 Å². The first-order chi connectivity index (χ1) is 19.0. The second-order valence-electron chi connectivity index (χ2n) is 9.66. The lowest BCUT2D eigenvalue weighted by Crippen LogP contribution is -2.45. The first-order valence-electron chi connectivity index (χ1n) is 13.1. The summed E-state index contributed by atoms with van der Waals surface area (Å²) in [5, 5.41) is 2.96. The van der Waals surface area contributed by atoms with Gasteiger partial charge >= 0.3 is 0 Å². The van der Waals surface area contributed by atoms with Crippen molar-refractivity contribution in [2.45, 2.75) is 13.8 Å². The van der Waals surface area contributed by atoms with E-state index in [9.17, 15) is 9.59 Å². The van der Waals surface area contributed by atoms with Gasteiger partial charge in [0.05, 0.1) is 25.2 Å². The Balaban J connectivity index is 1.38. The number of nitrogens with one attached hydrogen (secondary N) is 1. The van der Waals surface area contributed by atoms with Crippen LogP contribution in [0.15, 0.2) is 77.5 Å². The molecule has 9 nitrogen and oxygen atoms in total. The number of hydrogen-bond donors (Lipinski definition) is 1. The van der Waals surface area contributed by atoms with Crippen molar-refractivity contribution < 1.29 is 18.7 Å². The van der Waals surface area contributed by atoms with Crippen LogP contribution >= 0.6 is 0 Å². The average Bonchev–Trinajstić information content (AvgIpc) is 3.64. The summed E-state index contributed by atoms with van der Waals surface area (Å²) in [6.45, 7) is 7.92. The van der Waals surface area contributed by atoms with Crippen LogP contribution in [-0.2, 0) is 9.53 Å². The largest absolute Gasteiger partial charge is 0.459 e. The maximum Gasteiger partial charge on any atom is 0.290 e. The number of furan rings is 1. The molecule has 1 aliphatic rings. The molecule has 1 N–H and O–H groups in total. The van der Waals surface area contributed by atoms with Gasteiger partial charge in [-0.3, -0.25) is 24.4 Å². The first-order valence-corrected chi connectivity index (χ1v) is 13.1. The molecule has 0 atom stereocenters. The Morgan fingerprint density at radius 1 is 1.00 bits per heavy atom. The fraction of sp³-hybridized carbons (Fsp3) is 0.300. The zero-order valence-corrected chi connectivity index (χ0v) is 22.3. The molecule has 0 unspecified atom stereocenters. The predicted molar refractivity (Wildman–Crippen MR) is 149 cm³/mol. The van der Waals surface area contributed by atoms with Crippen molar-refractivity contribution in [3.8, 4) is 16.9 Å². The number of aromatic nitrogens is 2. The summed E-state index contributed by atoms with van der Waals surface area (Å²) >= 11 is 0. The standard InChI is InChI=1S/C30H33N5O4/c1-22-10-11-25(19-23(22)2)35-20-26(24-7-4-3-5-8-24)31-30(35)32-28(36)21-34(29(37)27-9-6-16-39-27)13-12-33-14-17-38-18-15-33/h3-11,16,19-20H,12-15,17-18,21H2,1-2H3,(H,31,32,36). The van der Waals surface area contributed by atoms with E-state index < -0.39 is 0 Å². The highest BCUT2D eigenvalue weighted by molar-refractivity contribution is 5.97. The summed E-state index contributed by atoms with van der Waals surface area (Å²) in [7, 11) is 0. The molecule has 0 radical (unpaired) electrons. The molecular formula is C30H33N5O4. The number of nitrogens with zero attached hydrogens (tertiary/aromatic N) is 4. The van der Waals surface area contributed by atoms with Gasteiger partial charge < -0.3 is 14.1 Å². The summed E-state index contributed by atoms with van der Waals surface area (Å²) in [4.78, 5) is 35.1. The van der Waals surface area contributed by atoms with Gasteiger partial charge in [0.2, 0.25) is 11.9 Å². The number of aryl methyl sites for hydroxylation is 2. The number of carbonyl (C=O) groups is 2. The highest BCUT2D eigenvalue weighted by Gasteiger charge is 2.24. The van der Waals surface area contributed by atoms with E-state index in [0.29, 0.717) is 32.3 Å². The third-order valence-electron chi connectivity index (χ3n) is 6.94. The molecule has 1 saturated heterocycles. The van der Waals surface area contributed by atoms with Crippen LogP contribution in [0.25, 0.3) is 16.9 Å². The van der Waals surface area contributed by atoms with Gasteiger partial charge in [0, 0.05) is 43.6 Å². The van der Waals surface area contributed by atoms with Crippen LogP contribution in [0.2, 0.25) is 0 Å². The zero-order chi connectivity index (χ0) is 27.2. The molecule has 2 amide bonds. The Morgan fingerprint density at radius 2 is 1.79 bits per heavy atom.